The van der Waals surface area contributed by atoms with Gasteiger partial charge in [-0.1, -0.05) is 30.3 Å². The van der Waals surface area contributed by atoms with Crippen molar-refractivity contribution in [3.63, 3.8) is 0 Å². The summed E-state index contributed by atoms with van der Waals surface area (Å²) in [5.41, 5.74) is 9.32. The molecule has 0 amide bonds. The second kappa shape index (κ2) is 5.18. The molecule has 3 rings (SSSR count). The van der Waals surface area contributed by atoms with Crippen LogP contribution < -0.4 is 10.6 Å². The zero-order valence-electron chi connectivity index (χ0n) is 11.5. The average molecular weight is 283 g/mol. The van der Waals surface area contributed by atoms with E-state index >= 15 is 0 Å². The summed E-state index contributed by atoms with van der Waals surface area (Å²) >= 11 is 1.52. The average Bonchev–Trinajstić information content (AvgIpc) is 3.23. The summed E-state index contributed by atoms with van der Waals surface area (Å²) in [6.45, 7) is 0.839. The molecule has 0 radical (unpaired) electrons. The molecular weight excluding hydrogens is 266 g/mol. The van der Waals surface area contributed by atoms with Crippen molar-refractivity contribution in [3.8, 4) is 6.07 Å². The Morgan fingerprint density at radius 1 is 1.35 bits per heavy atom. The Labute approximate surface area is 123 Å². The standard InChI is InChI=1S/C16H17N3S/c1-19(10-11-5-3-2-4-6-11)16-14(12-7-8-12)15(18)13(9-17)20-16/h2-6,12H,7-8,10,18H2,1H3. The first kappa shape index (κ1) is 13.0. The van der Waals surface area contributed by atoms with E-state index in [0.717, 1.165) is 11.5 Å². The van der Waals surface area contributed by atoms with Crippen LogP contribution in [-0.4, -0.2) is 7.05 Å². The third-order valence-corrected chi connectivity index (χ3v) is 4.90. The molecule has 3 nitrogen and oxygen atoms in total. The van der Waals surface area contributed by atoms with Gasteiger partial charge in [-0.3, -0.25) is 0 Å². The SMILES string of the molecule is CN(Cc1ccccc1)c1sc(C#N)c(N)c1C1CC1. The van der Waals surface area contributed by atoms with Crippen LogP contribution >= 0.6 is 11.3 Å². The first-order chi connectivity index (χ1) is 9.70. The number of nitrogen functional groups attached to an aromatic ring is 1. The number of nitrogens with zero attached hydrogens (tertiary/aromatic N) is 2. The number of nitrogens with two attached hydrogens (primary N) is 1. The minimum atomic E-state index is 0.557. The lowest BCUT2D eigenvalue weighted by atomic mass is 10.1. The molecule has 1 aliphatic rings. The van der Waals surface area contributed by atoms with Crippen molar-refractivity contribution in [1.29, 1.82) is 5.26 Å². The Morgan fingerprint density at radius 2 is 2.05 bits per heavy atom. The molecular formula is C16H17N3S. The summed E-state index contributed by atoms with van der Waals surface area (Å²) in [4.78, 5) is 2.87. The lowest BCUT2D eigenvalue weighted by Gasteiger charge is -2.19. The fourth-order valence-electron chi connectivity index (χ4n) is 2.51. The summed E-state index contributed by atoms with van der Waals surface area (Å²) < 4.78 is 0. The van der Waals surface area contributed by atoms with E-state index in [0.29, 0.717) is 16.5 Å². The van der Waals surface area contributed by atoms with Gasteiger partial charge in [-0.15, -0.1) is 11.3 Å². The fraction of sp³-hybridized carbons (Fsp3) is 0.312. The summed E-state index contributed by atoms with van der Waals surface area (Å²) in [7, 11) is 2.07. The predicted molar refractivity (Wildman–Crippen MR) is 84.0 cm³/mol. The van der Waals surface area contributed by atoms with Crippen LogP contribution in [0, 0.1) is 11.3 Å². The number of hydrogen-bond donors (Lipinski definition) is 1. The summed E-state index contributed by atoms with van der Waals surface area (Å²) in [6.07, 6.45) is 2.38. The quantitative estimate of drug-likeness (QED) is 0.930. The first-order valence-electron chi connectivity index (χ1n) is 6.78. The van der Waals surface area contributed by atoms with Crippen LogP contribution in [-0.2, 0) is 6.54 Å². The third-order valence-electron chi connectivity index (χ3n) is 3.66. The molecule has 4 heteroatoms. The molecule has 1 aromatic heterocycles. The second-order valence-corrected chi connectivity index (χ2v) is 6.29. The van der Waals surface area contributed by atoms with Gasteiger partial charge in [0.2, 0.25) is 0 Å². The molecule has 0 saturated heterocycles. The zero-order chi connectivity index (χ0) is 14.1. The van der Waals surface area contributed by atoms with Gasteiger partial charge in [0.05, 0.1) is 10.7 Å². The van der Waals surface area contributed by atoms with Gasteiger partial charge in [0.25, 0.3) is 0 Å². The number of benzene rings is 1. The molecule has 0 bridgehead atoms. The zero-order valence-corrected chi connectivity index (χ0v) is 12.3. The Morgan fingerprint density at radius 3 is 2.65 bits per heavy atom. The van der Waals surface area contributed by atoms with E-state index in [1.54, 1.807) is 0 Å². The van der Waals surface area contributed by atoms with E-state index in [9.17, 15) is 5.26 Å². The second-order valence-electron chi connectivity index (χ2n) is 5.29. The Hall–Kier alpha value is -1.99. The third kappa shape index (κ3) is 2.37. The van der Waals surface area contributed by atoms with Gasteiger partial charge in [0.15, 0.2) is 0 Å². The number of anilines is 2. The minimum Gasteiger partial charge on any atom is -0.397 e. The molecule has 2 aromatic rings. The van der Waals surface area contributed by atoms with Gasteiger partial charge in [-0.05, 0) is 24.3 Å². The van der Waals surface area contributed by atoms with Crippen LogP contribution in [0.15, 0.2) is 30.3 Å². The molecule has 1 fully saturated rings. The van der Waals surface area contributed by atoms with Gasteiger partial charge < -0.3 is 10.6 Å². The van der Waals surface area contributed by atoms with Crippen molar-refractivity contribution < 1.29 is 0 Å². The maximum absolute atomic E-state index is 9.19. The molecule has 1 aromatic carbocycles. The van der Waals surface area contributed by atoms with E-state index in [4.69, 9.17) is 5.73 Å². The van der Waals surface area contributed by atoms with Crippen LogP contribution in [0.25, 0.3) is 0 Å². The summed E-state index contributed by atoms with van der Waals surface area (Å²) in [5.74, 6) is 0.557. The molecule has 0 atom stereocenters. The maximum atomic E-state index is 9.19. The number of hydrogen-bond acceptors (Lipinski definition) is 4. The Balaban J connectivity index is 1.91. The molecule has 0 aliphatic heterocycles. The lowest BCUT2D eigenvalue weighted by Crippen LogP contribution is -2.16. The number of rotatable bonds is 4. The van der Waals surface area contributed by atoms with E-state index < -0.39 is 0 Å². The van der Waals surface area contributed by atoms with Crippen molar-refractivity contribution in [2.75, 3.05) is 17.7 Å². The molecule has 1 aliphatic carbocycles. The smallest absolute Gasteiger partial charge is 0.130 e. The molecule has 102 valence electrons. The highest BCUT2D eigenvalue weighted by atomic mass is 32.1. The van der Waals surface area contributed by atoms with E-state index in [-0.39, 0.29) is 0 Å². The number of thiophene rings is 1. The van der Waals surface area contributed by atoms with Crippen LogP contribution in [0.1, 0.15) is 34.8 Å². The largest absolute Gasteiger partial charge is 0.397 e. The van der Waals surface area contributed by atoms with Crippen LogP contribution in [0.4, 0.5) is 10.7 Å². The van der Waals surface area contributed by atoms with E-state index in [1.165, 1.54) is 35.3 Å². The van der Waals surface area contributed by atoms with Gasteiger partial charge in [-0.25, -0.2) is 0 Å². The molecule has 1 saturated carbocycles. The molecule has 1 heterocycles. The van der Waals surface area contributed by atoms with Gasteiger partial charge in [-0.2, -0.15) is 5.26 Å². The van der Waals surface area contributed by atoms with Gasteiger partial charge in [0, 0.05) is 19.2 Å². The highest BCUT2D eigenvalue weighted by Gasteiger charge is 2.32. The van der Waals surface area contributed by atoms with Crippen molar-refractivity contribution in [1.82, 2.24) is 0 Å². The summed E-state index contributed by atoms with van der Waals surface area (Å²) in [5, 5.41) is 10.3. The summed E-state index contributed by atoms with van der Waals surface area (Å²) in [6, 6.07) is 12.6. The predicted octanol–water partition coefficient (Wildman–Crippen LogP) is 3.72. The van der Waals surface area contributed by atoms with Gasteiger partial charge >= 0.3 is 0 Å². The first-order valence-corrected chi connectivity index (χ1v) is 7.59. The molecule has 0 spiro atoms. The minimum absolute atomic E-state index is 0.557. The maximum Gasteiger partial charge on any atom is 0.130 e. The van der Waals surface area contributed by atoms with Crippen LogP contribution in [0.2, 0.25) is 0 Å². The van der Waals surface area contributed by atoms with Crippen LogP contribution in [0.5, 0.6) is 0 Å². The van der Waals surface area contributed by atoms with Crippen molar-refractivity contribution in [2.45, 2.75) is 25.3 Å². The molecule has 0 unspecified atom stereocenters. The highest BCUT2D eigenvalue weighted by molar-refractivity contribution is 7.17. The molecule has 20 heavy (non-hydrogen) atoms. The fourth-order valence-corrected chi connectivity index (χ4v) is 3.57. The van der Waals surface area contributed by atoms with Crippen molar-refractivity contribution in [2.24, 2.45) is 0 Å². The Kier molecular flexibility index (Phi) is 3.37. The molecule has 2 N–H and O–H groups in total. The van der Waals surface area contributed by atoms with Crippen LogP contribution in [0.3, 0.4) is 0 Å². The topological polar surface area (TPSA) is 53.0 Å². The lowest BCUT2D eigenvalue weighted by molar-refractivity contribution is 0.922. The highest BCUT2D eigenvalue weighted by Crippen LogP contribution is 2.51. The normalized spacial score (nSPS) is 14.0. The van der Waals surface area contributed by atoms with Crippen molar-refractivity contribution in [3.05, 3.63) is 46.3 Å². The van der Waals surface area contributed by atoms with E-state index in [1.807, 2.05) is 6.07 Å². The monoisotopic (exact) mass is 283 g/mol. The Bertz CT molecular complexity index is 650. The van der Waals surface area contributed by atoms with E-state index in [2.05, 4.69) is 42.3 Å². The van der Waals surface area contributed by atoms with Crippen molar-refractivity contribution >= 4 is 22.0 Å². The van der Waals surface area contributed by atoms with Gasteiger partial charge in [0.1, 0.15) is 10.9 Å². The number of nitriles is 1.